The molecule has 3 heterocycles. The van der Waals surface area contributed by atoms with Gasteiger partial charge in [0.25, 0.3) is 11.8 Å². The number of benzene rings is 2. The lowest BCUT2D eigenvalue weighted by Gasteiger charge is -2.27. The fourth-order valence-corrected chi connectivity index (χ4v) is 9.52. The monoisotopic (exact) mass is 884 g/mol. The summed E-state index contributed by atoms with van der Waals surface area (Å²) in [6.45, 7) is 9.29. The molecular weight excluding hydrogens is 829 g/mol. The molecule has 4 aromatic rings. The van der Waals surface area contributed by atoms with E-state index in [0.29, 0.717) is 54.6 Å². The number of aromatic nitrogens is 2. The van der Waals surface area contributed by atoms with E-state index in [9.17, 15) is 32.7 Å². The van der Waals surface area contributed by atoms with E-state index >= 15 is 0 Å². The van der Waals surface area contributed by atoms with Crippen LogP contribution < -0.4 is 20.5 Å². The van der Waals surface area contributed by atoms with Crippen molar-refractivity contribution >= 4 is 56.0 Å². The number of furan rings is 1. The molecule has 1 saturated heterocycles. The number of nitrogens with one attached hydrogen (secondary N) is 2. The lowest BCUT2D eigenvalue weighted by atomic mass is 10.1. The number of rotatable bonds is 17. The zero-order valence-corrected chi connectivity index (χ0v) is 36.3. The van der Waals surface area contributed by atoms with Crippen LogP contribution in [-0.4, -0.2) is 93.9 Å². The number of alkyl carbamates (subject to hydrolysis) is 1. The van der Waals surface area contributed by atoms with Crippen molar-refractivity contribution in [3.05, 3.63) is 79.4 Å². The number of hydrogen-bond acceptors (Lipinski definition) is 12. The molecule has 1 aliphatic heterocycles. The number of carbonyl (C=O) groups is 4. The number of amides is 3. The minimum Gasteiger partial charge on any atom is -0.480 e. The maximum Gasteiger partial charge on any atom is 0.408 e. The topological polar surface area (TPSA) is 233 Å². The standard InChI is InChI=1S/C37H42N4O7.C9H14N2O3S/c1-3-4-5-6-7-15-28(38-37(45)47-25-12-8-9-13-25)35(42)41-22-26(21-29(41)36(43)44)46-34-32-31(27-14-10-11-16-30(27)48-32)39-33(40-34)24-19-17-23(2)18-20-24;1-2-6-5-9(6,10)8(12)11-15(13,14)7-3-4-7/h3,10-11,14,16-20,25-26,28-29H,1,4-9,12-13,15,21-22H2,2H3,(H,38,45)(H,43,44);2,6-7H,1,3-5,10H2,(H,11,12)/t26-,28+,29+;6-,9-/m11/s1. The molecule has 63 heavy (non-hydrogen) atoms. The van der Waals surface area contributed by atoms with Gasteiger partial charge in [0.15, 0.2) is 5.82 Å². The second-order valence-corrected chi connectivity index (χ2v) is 19.0. The van der Waals surface area contributed by atoms with Gasteiger partial charge in [0.05, 0.1) is 11.8 Å². The average Bonchev–Trinajstić information content (AvgIpc) is 4.06. The molecule has 0 radical (unpaired) electrons. The maximum absolute atomic E-state index is 14.0. The highest BCUT2D eigenvalue weighted by Crippen LogP contribution is 2.42. The van der Waals surface area contributed by atoms with Crippen molar-refractivity contribution in [2.45, 2.75) is 125 Å². The molecule has 2 aromatic heterocycles. The highest BCUT2D eigenvalue weighted by Gasteiger charge is 2.57. The number of carboxylic acid groups (broad SMARTS) is 1. The predicted octanol–water partition coefficient (Wildman–Crippen LogP) is 6.46. The van der Waals surface area contributed by atoms with Crippen molar-refractivity contribution in [1.82, 2.24) is 24.9 Å². The number of fused-ring (bicyclic) bond motifs is 3. The zero-order chi connectivity index (χ0) is 44.9. The van der Waals surface area contributed by atoms with E-state index in [1.54, 1.807) is 6.08 Å². The van der Waals surface area contributed by atoms with Crippen LogP contribution in [0.2, 0.25) is 0 Å². The van der Waals surface area contributed by atoms with Gasteiger partial charge in [-0.15, -0.1) is 13.2 Å². The summed E-state index contributed by atoms with van der Waals surface area (Å²) in [5.74, 6) is -1.72. The van der Waals surface area contributed by atoms with Crippen LogP contribution in [0.4, 0.5) is 4.79 Å². The van der Waals surface area contributed by atoms with Crippen LogP contribution >= 0.6 is 0 Å². The third kappa shape index (κ3) is 10.7. The van der Waals surface area contributed by atoms with Gasteiger partial charge < -0.3 is 34.9 Å². The van der Waals surface area contributed by atoms with Crippen molar-refractivity contribution in [2.75, 3.05) is 6.54 Å². The van der Waals surface area contributed by atoms with Gasteiger partial charge in [-0.1, -0.05) is 67.0 Å². The number of nitrogens with two attached hydrogens (primary N) is 1. The molecule has 0 spiro atoms. The smallest absolute Gasteiger partial charge is 0.408 e. The molecule has 3 saturated carbocycles. The molecule has 2 aromatic carbocycles. The highest BCUT2D eigenvalue weighted by molar-refractivity contribution is 7.91. The predicted molar refractivity (Wildman–Crippen MR) is 236 cm³/mol. The van der Waals surface area contributed by atoms with E-state index in [4.69, 9.17) is 29.6 Å². The number of carbonyl (C=O) groups excluding carboxylic acids is 3. The van der Waals surface area contributed by atoms with Crippen LogP contribution in [0.3, 0.4) is 0 Å². The Bertz CT molecular complexity index is 2460. The molecule has 17 heteroatoms. The first kappa shape index (κ1) is 45.2. The fraction of sp³-hybridized carbons (Fsp3) is 0.478. The molecule has 336 valence electrons. The van der Waals surface area contributed by atoms with E-state index in [0.717, 1.165) is 61.5 Å². The van der Waals surface area contributed by atoms with Gasteiger partial charge in [0, 0.05) is 23.3 Å². The summed E-state index contributed by atoms with van der Waals surface area (Å²) in [4.78, 5) is 61.8. The second-order valence-electron chi connectivity index (χ2n) is 17.0. The largest absolute Gasteiger partial charge is 0.480 e. The summed E-state index contributed by atoms with van der Waals surface area (Å²) < 4.78 is 43.1. The highest BCUT2D eigenvalue weighted by atomic mass is 32.2. The normalized spacial score (nSPS) is 22.4. The van der Waals surface area contributed by atoms with Crippen LogP contribution in [0, 0.1) is 12.8 Å². The summed E-state index contributed by atoms with van der Waals surface area (Å²) in [7, 11) is -3.47. The van der Waals surface area contributed by atoms with Crippen LogP contribution in [0.5, 0.6) is 5.88 Å². The molecule has 5 N–H and O–H groups in total. The van der Waals surface area contributed by atoms with Gasteiger partial charge in [-0.25, -0.2) is 23.0 Å². The number of ether oxygens (including phenoxy) is 2. The Morgan fingerprint density at radius 3 is 2.41 bits per heavy atom. The maximum atomic E-state index is 14.0. The number of carboxylic acids is 1. The van der Waals surface area contributed by atoms with Crippen molar-refractivity contribution in [1.29, 1.82) is 0 Å². The third-order valence-corrected chi connectivity index (χ3v) is 14.0. The first-order chi connectivity index (χ1) is 30.2. The molecule has 4 aliphatic rings. The van der Waals surface area contributed by atoms with Crippen molar-refractivity contribution in [3.63, 3.8) is 0 Å². The number of nitrogens with zero attached hydrogens (tertiary/aromatic N) is 3. The summed E-state index contributed by atoms with van der Waals surface area (Å²) in [6.07, 6.45) is 10.9. The Hall–Kier alpha value is -5.81. The van der Waals surface area contributed by atoms with Gasteiger partial charge in [-0.2, -0.15) is 4.98 Å². The Labute approximate surface area is 366 Å². The molecule has 16 nitrogen and oxygen atoms in total. The first-order valence-corrected chi connectivity index (χ1v) is 23.3. The van der Waals surface area contributed by atoms with E-state index in [2.05, 4.69) is 18.5 Å². The summed E-state index contributed by atoms with van der Waals surface area (Å²) >= 11 is 0. The molecular formula is C46H56N6O10S. The van der Waals surface area contributed by atoms with E-state index in [-0.39, 0.29) is 30.9 Å². The third-order valence-electron chi connectivity index (χ3n) is 12.1. The van der Waals surface area contributed by atoms with Crippen molar-refractivity contribution < 1.29 is 46.6 Å². The lowest BCUT2D eigenvalue weighted by Crippen LogP contribution is -2.52. The molecule has 5 atom stereocenters. The minimum absolute atomic E-state index is 0.00624. The van der Waals surface area contributed by atoms with Crippen LogP contribution in [-0.2, 0) is 29.1 Å². The number of hydrogen-bond donors (Lipinski definition) is 4. The van der Waals surface area contributed by atoms with Gasteiger partial charge in [-0.3, -0.25) is 14.3 Å². The number of allylic oxidation sites excluding steroid dienone is 1. The SMILES string of the molecule is C=CCCCCC[C@H](NC(=O)OC1CCCC1)C(=O)N1C[C@H](Oc2nc(-c3ccc(C)cc3)nc3c2oc2ccccc23)C[C@H]1C(=O)O.C=C[C@@H]1C[C@]1(N)C(=O)NS(=O)(=O)C1CC1. The van der Waals surface area contributed by atoms with E-state index < -0.39 is 62.9 Å². The van der Waals surface area contributed by atoms with Crippen LogP contribution in [0.1, 0.15) is 89.0 Å². The Balaban J connectivity index is 0.000000333. The molecule has 4 fully saturated rings. The van der Waals surface area contributed by atoms with Gasteiger partial charge >= 0.3 is 12.1 Å². The second kappa shape index (κ2) is 19.3. The molecule has 3 aliphatic carbocycles. The number of para-hydroxylation sites is 1. The van der Waals surface area contributed by atoms with E-state index in [1.165, 1.54) is 4.90 Å². The Morgan fingerprint density at radius 2 is 1.75 bits per heavy atom. The number of unbranched alkanes of at least 4 members (excludes halogenated alkanes) is 3. The minimum atomic E-state index is -3.47. The van der Waals surface area contributed by atoms with Crippen molar-refractivity contribution in [3.8, 4) is 17.3 Å². The average molecular weight is 885 g/mol. The number of sulfonamides is 1. The number of aryl methyl sites for hydroxylation is 1. The summed E-state index contributed by atoms with van der Waals surface area (Å²) in [5, 5.41) is 13.4. The number of aliphatic carboxylic acids is 1. The molecule has 3 amide bonds. The summed E-state index contributed by atoms with van der Waals surface area (Å²) in [6, 6.07) is 13.2. The van der Waals surface area contributed by atoms with E-state index in [1.807, 2.05) is 66.3 Å². The Kier molecular flexibility index (Phi) is 13.8. The Morgan fingerprint density at radius 1 is 1.02 bits per heavy atom. The zero-order valence-electron chi connectivity index (χ0n) is 35.5. The van der Waals surface area contributed by atoms with Gasteiger partial charge in [-0.05, 0) is 83.3 Å². The molecule has 0 unspecified atom stereocenters. The summed E-state index contributed by atoms with van der Waals surface area (Å²) in [5.41, 5.74) is 8.09. The first-order valence-electron chi connectivity index (χ1n) is 21.7. The molecule has 0 bridgehead atoms. The fourth-order valence-electron chi connectivity index (χ4n) is 8.15. The van der Waals surface area contributed by atoms with Crippen LogP contribution in [0.15, 0.2) is 78.3 Å². The van der Waals surface area contributed by atoms with Crippen molar-refractivity contribution in [2.24, 2.45) is 11.7 Å². The van der Waals surface area contributed by atoms with Crippen LogP contribution in [0.25, 0.3) is 33.5 Å². The lowest BCUT2D eigenvalue weighted by molar-refractivity contribution is -0.149. The number of likely N-dealkylation sites (tertiary alicyclic amines) is 1. The van der Waals surface area contributed by atoms with Gasteiger partial charge in [0.2, 0.25) is 21.5 Å². The molecule has 8 rings (SSSR count). The van der Waals surface area contributed by atoms with Gasteiger partial charge in [0.1, 0.15) is 40.9 Å². The quantitative estimate of drug-likeness (QED) is 0.0660.